The van der Waals surface area contributed by atoms with Crippen LogP contribution in [0.5, 0.6) is 0 Å². The SMILES string of the molecule is C[Si]1(C)c2ccccc2-c2cc(N(c3cccc(-c4ccc5ccccc5c4)c3)c3ccc4c(c3)[Si](C)(C)c3ccc5sc6ccccc6c5c3-4)ccc21. The van der Waals surface area contributed by atoms with Gasteiger partial charge >= 0.3 is 0 Å². The molecule has 0 aliphatic carbocycles. The molecule has 258 valence electrons. The molecule has 1 aromatic heterocycles. The predicted octanol–water partition coefficient (Wildman–Crippen LogP) is 12.0. The second-order valence-corrected chi connectivity index (χ2v) is 25.9. The summed E-state index contributed by atoms with van der Waals surface area (Å²) in [5.74, 6) is 0. The van der Waals surface area contributed by atoms with Gasteiger partial charge in [0.15, 0.2) is 0 Å². The molecule has 8 aromatic carbocycles. The second-order valence-electron chi connectivity index (χ2n) is 16.2. The van der Waals surface area contributed by atoms with E-state index in [0.717, 1.165) is 0 Å². The summed E-state index contributed by atoms with van der Waals surface area (Å²) in [5.41, 5.74) is 11.7. The lowest BCUT2D eigenvalue weighted by atomic mass is 9.98. The quantitative estimate of drug-likeness (QED) is 0.162. The van der Waals surface area contributed by atoms with E-state index in [0.29, 0.717) is 0 Å². The van der Waals surface area contributed by atoms with E-state index in [1.165, 1.54) is 96.9 Å². The van der Waals surface area contributed by atoms with E-state index in [1.54, 1.807) is 5.19 Å². The second kappa shape index (κ2) is 11.5. The Morgan fingerprint density at radius 3 is 2.00 bits per heavy atom. The standard InChI is InChI=1S/C50H39NSSi2/c1-53(2)45-19-10-8-16-39(45)42-30-37(23-26-46(42)53)51(36-15-11-14-34(29-36)35-21-20-32-12-5-6-13-33(32)28-35)38-22-24-41-48(31-38)54(3,4)47-27-25-44-49(50(41)47)40-17-7-9-18-43(40)52-44/h5-31H,1-4H3. The Morgan fingerprint density at radius 2 is 1.09 bits per heavy atom. The van der Waals surface area contributed by atoms with Crippen molar-refractivity contribution in [2.24, 2.45) is 0 Å². The molecule has 9 aromatic rings. The van der Waals surface area contributed by atoms with Gasteiger partial charge in [-0.15, -0.1) is 11.3 Å². The molecule has 11 rings (SSSR count). The van der Waals surface area contributed by atoms with Crippen LogP contribution in [0, 0.1) is 0 Å². The van der Waals surface area contributed by atoms with Gasteiger partial charge in [-0.3, -0.25) is 0 Å². The molecule has 0 radical (unpaired) electrons. The monoisotopic (exact) mass is 741 g/mol. The third-order valence-corrected chi connectivity index (χ3v) is 20.7. The number of benzene rings is 8. The molecule has 2 aliphatic rings. The van der Waals surface area contributed by atoms with Gasteiger partial charge in [0.05, 0.1) is 0 Å². The van der Waals surface area contributed by atoms with Crippen LogP contribution in [0.2, 0.25) is 26.2 Å². The third kappa shape index (κ3) is 4.54. The lowest BCUT2D eigenvalue weighted by molar-refractivity contribution is 1.29. The zero-order valence-electron chi connectivity index (χ0n) is 30.9. The van der Waals surface area contributed by atoms with Crippen molar-refractivity contribution in [2.75, 3.05) is 4.90 Å². The zero-order chi connectivity index (χ0) is 36.3. The van der Waals surface area contributed by atoms with Crippen LogP contribution in [0.3, 0.4) is 0 Å². The smallest absolute Gasteiger partial charge is 0.113 e. The highest BCUT2D eigenvalue weighted by Crippen LogP contribution is 2.45. The molecule has 2 aliphatic heterocycles. The van der Waals surface area contributed by atoms with Crippen LogP contribution in [-0.2, 0) is 0 Å². The van der Waals surface area contributed by atoms with Crippen molar-refractivity contribution in [3.8, 4) is 33.4 Å². The maximum Gasteiger partial charge on any atom is 0.113 e. The zero-order valence-corrected chi connectivity index (χ0v) is 33.8. The Hall–Kier alpha value is -5.53. The lowest BCUT2D eigenvalue weighted by Crippen LogP contribution is -2.49. The van der Waals surface area contributed by atoms with Crippen molar-refractivity contribution in [1.29, 1.82) is 0 Å². The summed E-state index contributed by atoms with van der Waals surface area (Å²) in [6.07, 6.45) is 0. The van der Waals surface area contributed by atoms with Crippen molar-refractivity contribution in [3.63, 3.8) is 0 Å². The first kappa shape index (κ1) is 32.0. The summed E-state index contributed by atoms with van der Waals surface area (Å²) in [4.78, 5) is 2.52. The van der Waals surface area contributed by atoms with Crippen LogP contribution in [0.1, 0.15) is 0 Å². The Kier molecular flexibility index (Phi) is 6.80. The van der Waals surface area contributed by atoms with Crippen LogP contribution in [0.15, 0.2) is 164 Å². The van der Waals surface area contributed by atoms with Crippen LogP contribution < -0.4 is 25.6 Å². The normalized spacial score (nSPS) is 14.6. The Bertz CT molecular complexity index is 3020. The Morgan fingerprint density at radius 1 is 0.407 bits per heavy atom. The molecule has 0 amide bonds. The van der Waals surface area contributed by atoms with Gasteiger partial charge in [-0.25, -0.2) is 0 Å². The first-order valence-electron chi connectivity index (χ1n) is 19.0. The molecule has 54 heavy (non-hydrogen) atoms. The van der Waals surface area contributed by atoms with Crippen molar-refractivity contribution >= 4 is 96.2 Å². The maximum atomic E-state index is 2.55. The van der Waals surface area contributed by atoms with Crippen molar-refractivity contribution in [2.45, 2.75) is 26.2 Å². The molecule has 4 heteroatoms. The highest BCUT2D eigenvalue weighted by atomic mass is 32.1. The molecular formula is C50H39NSSi2. The summed E-state index contributed by atoms with van der Waals surface area (Å²) >= 11 is 1.92. The van der Waals surface area contributed by atoms with Crippen LogP contribution in [-0.4, -0.2) is 16.1 Å². The van der Waals surface area contributed by atoms with Gasteiger partial charge in [0, 0.05) is 37.2 Å². The fraction of sp³-hybridized carbons (Fsp3) is 0.0800. The minimum Gasteiger partial charge on any atom is -0.310 e. The van der Waals surface area contributed by atoms with Crippen molar-refractivity contribution < 1.29 is 0 Å². The maximum absolute atomic E-state index is 2.55. The molecule has 0 bridgehead atoms. The van der Waals surface area contributed by atoms with E-state index in [1.807, 2.05) is 11.3 Å². The van der Waals surface area contributed by atoms with Gasteiger partial charge in [0.2, 0.25) is 0 Å². The molecular weight excluding hydrogens is 703 g/mol. The molecule has 3 heterocycles. The van der Waals surface area contributed by atoms with Crippen molar-refractivity contribution in [3.05, 3.63) is 164 Å². The van der Waals surface area contributed by atoms with Gasteiger partial charge in [-0.2, -0.15) is 0 Å². The molecule has 0 unspecified atom stereocenters. The fourth-order valence-corrected chi connectivity index (χ4v) is 16.9. The number of hydrogen-bond donors (Lipinski definition) is 0. The molecule has 0 saturated carbocycles. The molecule has 0 N–H and O–H groups in total. The number of thiophene rings is 1. The number of nitrogens with zero attached hydrogens (tertiary/aromatic N) is 1. The number of rotatable bonds is 4. The summed E-state index contributed by atoms with van der Waals surface area (Å²) < 4.78 is 2.75. The summed E-state index contributed by atoms with van der Waals surface area (Å²) in [7, 11) is -3.82. The number of hydrogen-bond acceptors (Lipinski definition) is 2. The third-order valence-electron chi connectivity index (χ3n) is 12.4. The predicted molar refractivity (Wildman–Crippen MR) is 241 cm³/mol. The number of fused-ring (bicyclic) bond motifs is 11. The van der Waals surface area contributed by atoms with Crippen LogP contribution >= 0.6 is 11.3 Å². The van der Waals surface area contributed by atoms with E-state index in [4.69, 9.17) is 0 Å². The van der Waals surface area contributed by atoms with E-state index in [2.05, 4.69) is 195 Å². The minimum absolute atomic E-state index is 1.17. The van der Waals surface area contributed by atoms with E-state index in [-0.39, 0.29) is 0 Å². The molecule has 1 nitrogen and oxygen atoms in total. The van der Waals surface area contributed by atoms with E-state index < -0.39 is 16.1 Å². The molecule has 0 saturated heterocycles. The highest BCUT2D eigenvalue weighted by molar-refractivity contribution is 7.26. The Labute approximate surface area is 322 Å². The lowest BCUT2D eigenvalue weighted by Gasteiger charge is -2.29. The van der Waals surface area contributed by atoms with Crippen molar-refractivity contribution in [1.82, 2.24) is 0 Å². The van der Waals surface area contributed by atoms with Gasteiger partial charge in [-0.1, -0.05) is 135 Å². The topological polar surface area (TPSA) is 3.24 Å². The molecule has 0 spiro atoms. The largest absolute Gasteiger partial charge is 0.310 e. The van der Waals surface area contributed by atoms with E-state index >= 15 is 0 Å². The average Bonchev–Trinajstić information content (AvgIpc) is 3.77. The van der Waals surface area contributed by atoms with Gasteiger partial charge in [-0.05, 0) is 119 Å². The summed E-state index contributed by atoms with van der Waals surface area (Å²) in [6.45, 7) is 10.1. The number of anilines is 3. The van der Waals surface area contributed by atoms with Gasteiger partial charge < -0.3 is 4.90 Å². The fourth-order valence-electron chi connectivity index (χ4n) is 9.66. The van der Waals surface area contributed by atoms with Crippen LogP contribution in [0.25, 0.3) is 64.3 Å². The van der Waals surface area contributed by atoms with E-state index in [9.17, 15) is 0 Å². The molecule has 0 fully saturated rings. The summed E-state index contributed by atoms with van der Waals surface area (Å²) in [5, 5.41) is 11.5. The first-order chi connectivity index (χ1) is 26.3. The minimum atomic E-state index is -2.03. The molecule has 0 atom stereocenters. The summed E-state index contributed by atoms with van der Waals surface area (Å²) in [6, 6.07) is 62.2. The Balaban J connectivity index is 1.12. The first-order valence-corrected chi connectivity index (χ1v) is 25.8. The van der Waals surface area contributed by atoms with Crippen LogP contribution in [0.4, 0.5) is 17.1 Å². The van der Waals surface area contributed by atoms with Gasteiger partial charge in [0.25, 0.3) is 0 Å². The van der Waals surface area contributed by atoms with Gasteiger partial charge in [0.1, 0.15) is 16.1 Å². The highest BCUT2D eigenvalue weighted by Gasteiger charge is 2.40. The average molecular weight is 742 g/mol.